The largest absolute Gasteiger partial charge is 0.373 e. The van der Waals surface area contributed by atoms with Crippen molar-refractivity contribution in [3.63, 3.8) is 0 Å². The van der Waals surface area contributed by atoms with Gasteiger partial charge in [-0.3, -0.25) is 10.1 Å². The summed E-state index contributed by atoms with van der Waals surface area (Å²) in [4.78, 5) is 38.2. The molecule has 0 fully saturated rings. The maximum atomic E-state index is 12.8. The number of anilines is 4. The fourth-order valence-electron chi connectivity index (χ4n) is 3.25. The maximum Gasteiger partial charge on any atom is 0.324 e. The molecule has 0 saturated heterocycles. The smallest absolute Gasteiger partial charge is 0.324 e. The maximum absolute atomic E-state index is 12.8. The number of hydrogen-bond acceptors (Lipinski definition) is 7. The second-order valence-corrected chi connectivity index (χ2v) is 8.65. The molecule has 4 aromatic rings. The van der Waals surface area contributed by atoms with Gasteiger partial charge in [0.2, 0.25) is 0 Å². The van der Waals surface area contributed by atoms with Gasteiger partial charge >= 0.3 is 6.03 Å². The summed E-state index contributed by atoms with van der Waals surface area (Å²) in [6.07, 6.45) is 0. The Morgan fingerprint density at radius 3 is 2.42 bits per heavy atom. The van der Waals surface area contributed by atoms with Crippen molar-refractivity contribution in [1.29, 1.82) is 0 Å². The van der Waals surface area contributed by atoms with Crippen LogP contribution >= 0.6 is 11.3 Å². The van der Waals surface area contributed by atoms with E-state index in [0.29, 0.717) is 34.4 Å². The first-order chi connectivity index (χ1) is 15.8. The molecule has 0 bridgehead atoms. The Morgan fingerprint density at radius 2 is 1.64 bits per heavy atom. The van der Waals surface area contributed by atoms with Crippen LogP contribution in [0.5, 0.6) is 0 Å². The minimum absolute atomic E-state index is 0.283. The van der Waals surface area contributed by atoms with E-state index in [0.717, 1.165) is 20.8 Å². The van der Waals surface area contributed by atoms with Crippen LogP contribution in [0.15, 0.2) is 42.5 Å². The van der Waals surface area contributed by atoms with Gasteiger partial charge in [0.1, 0.15) is 17.5 Å². The van der Waals surface area contributed by atoms with Crippen LogP contribution in [-0.4, -0.2) is 33.9 Å². The normalized spacial score (nSPS) is 10.7. The Kier molecular flexibility index (Phi) is 6.18. The predicted octanol–water partition coefficient (Wildman–Crippen LogP) is 4.95. The topological polar surface area (TPSA) is 121 Å². The number of aromatic nitrogens is 3. The van der Waals surface area contributed by atoms with Gasteiger partial charge < -0.3 is 16.0 Å². The Balaban J connectivity index is 1.47. The van der Waals surface area contributed by atoms with Crippen molar-refractivity contribution in [3.8, 4) is 0 Å². The van der Waals surface area contributed by atoms with Gasteiger partial charge in [0, 0.05) is 30.1 Å². The molecule has 2 aromatic carbocycles. The standard InChI is InChI=1S/C23H23N7O2S/c1-12-5-6-15(22(31)28-16-7-8-19-18(10-16)27-14(3)33-19)9-17(12)29-23(32)30-21-11-20(24-4)25-13(2)26-21/h5-11H,1-4H3,(H,28,31)(H3,24,25,26,29,30,32). The van der Waals surface area contributed by atoms with Crippen LogP contribution in [-0.2, 0) is 0 Å². The average Bonchev–Trinajstić information content (AvgIpc) is 3.14. The predicted molar refractivity (Wildman–Crippen MR) is 132 cm³/mol. The summed E-state index contributed by atoms with van der Waals surface area (Å²) in [5.74, 6) is 1.20. The summed E-state index contributed by atoms with van der Waals surface area (Å²) >= 11 is 1.61. The lowest BCUT2D eigenvalue weighted by Gasteiger charge is -2.12. The highest BCUT2D eigenvalue weighted by atomic mass is 32.1. The zero-order valence-corrected chi connectivity index (χ0v) is 19.4. The van der Waals surface area contributed by atoms with Gasteiger partial charge in [-0.25, -0.2) is 19.7 Å². The lowest BCUT2D eigenvalue weighted by atomic mass is 10.1. The molecule has 4 rings (SSSR count). The van der Waals surface area contributed by atoms with Gasteiger partial charge in [-0.1, -0.05) is 6.07 Å². The Hall–Kier alpha value is -4.05. The first kappa shape index (κ1) is 22.2. The lowest BCUT2D eigenvalue weighted by molar-refractivity contribution is 0.102. The van der Waals surface area contributed by atoms with Gasteiger partial charge in [-0.2, -0.15) is 0 Å². The zero-order chi connectivity index (χ0) is 23.5. The third-order valence-corrected chi connectivity index (χ3v) is 5.79. The molecular formula is C23H23N7O2S. The summed E-state index contributed by atoms with van der Waals surface area (Å²) < 4.78 is 1.07. The number of aryl methyl sites for hydroxylation is 3. The van der Waals surface area contributed by atoms with E-state index < -0.39 is 6.03 Å². The van der Waals surface area contributed by atoms with E-state index in [1.807, 2.05) is 32.0 Å². The van der Waals surface area contributed by atoms with Crippen molar-refractivity contribution in [2.45, 2.75) is 20.8 Å². The van der Waals surface area contributed by atoms with E-state index in [2.05, 4.69) is 36.2 Å². The number of benzene rings is 2. The summed E-state index contributed by atoms with van der Waals surface area (Å²) in [7, 11) is 1.74. The van der Waals surface area contributed by atoms with Crippen molar-refractivity contribution in [2.75, 3.05) is 28.3 Å². The number of hydrogen-bond donors (Lipinski definition) is 4. The molecule has 0 unspecified atom stereocenters. The van der Waals surface area contributed by atoms with Gasteiger partial charge in [0.15, 0.2) is 0 Å². The molecule has 0 spiro atoms. The van der Waals surface area contributed by atoms with Crippen molar-refractivity contribution >= 4 is 56.5 Å². The van der Waals surface area contributed by atoms with Crippen LogP contribution in [0.3, 0.4) is 0 Å². The van der Waals surface area contributed by atoms with E-state index >= 15 is 0 Å². The Bertz CT molecular complexity index is 1370. The zero-order valence-electron chi connectivity index (χ0n) is 18.6. The first-order valence-corrected chi connectivity index (χ1v) is 11.0. The molecule has 0 aliphatic rings. The molecule has 3 amide bonds. The van der Waals surface area contributed by atoms with Crippen LogP contribution in [0.1, 0.15) is 26.8 Å². The molecule has 0 aliphatic heterocycles. The van der Waals surface area contributed by atoms with E-state index in [9.17, 15) is 9.59 Å². The number of nitrogens with zero attached hydrogens (tertiary/aromatic N) is 3. The highest BCUT2D eigenvalue weighted by molar-refractivity contribution is 7.18. The molecule has 33 heavy (non-hydrogen) atoms. The number of amides is 3. The molecule has 2 aromatic heterocycles. The Morgan fingerprint density at radius 1 is 0.848 bits per heavy atom. The first-order valence-electron chi connectivity index (χ1n) is 10.2. The van der Waals surface area contributed by atoms with Gasteiger partial charge in [0.25, 0.3) is 5.91 Å². The Labute approximate surface area is 194 Å². The summed E-state index contributed by atoms with van der Waals surface area (Å²) in [6.45, 7) is 5.54. The molecule has 0 saturated carbocycles. The van der Waals surface area contributed by atoms with Gasteiger partial charge in [-0.05, 0) is 56.7 Å². The second-order valence-electron chi connectivity index (χ2n) is 7.41. The number of carbonyl (C=O) groups excluding carboxylic acids is 2. The fourth-order valence-corrected chi connectivity index (χ4v) is 4.06. The minimum atomic E-state index is -0.472. The highest BCUT2D eigenvalue weighted by Crippen LogP contribution is 2.25. The minimum Gasteiger partial charge on any atom is -0.373 e. The summed E-state index contributed by atoms with van der Waals surface area (Å²) in [6, 6.07) is 11.9. The number of nitrogens with one attached hydrogen (secondary N) is 4. The van der Waals surface area contributed by atoms with Crippen molar-refractivity contribution in [2.24, 2.45) is 0 Å². The van der Waals surface area contributed by atoms with Crippen molar-refractivity contribution in [1.82, 2.24) is 15.0 Å². The van der Waals surface area contributed by atoms with Crippen LogP contribution in [0.2, 0.25) is 0 Å². The molecular weight excluding hydrogens is 438 g/mol. The number of urea groups is 1. The number of fused-ring (bicyclic) bond motifs is 1. The molecule has 168 valence electrons. The lowest BCUT2D eigenvalue weighted by Crippen LogP contribution is -2.21. The molecule has 2 heterocycles. The summed E-state index contributed by atoms with van der Waals surface area (Å²) in [5, 5.41) is 12.3. The van der Waals surface area contributed by atoms with Crippen LogP contribution in [0.4, 0.5) is 27.8 Å². The molecule has 0 radical (unpaired) electrons. The highest BCUT2D eigenvalue weighted by Gasteiger charge is 2.12. The van der Waals surface area contributed by atoms with Crippen LogP contribution in [0, 0.1) is 20.8 Å². The molecule has 10 heteroatoms. The SMILES string of the molecule is CNc1cc(NC(=O)Nc2cc(C(=O)Nc3ccc4sc(C)nc4c3)ccc2C)nc(C)n1. The average molecular weight is 462 g/mol. The van der Waals surface area contributed by atoms with Crippen molar-refractivity contribution in [3.05, 3.63) is 64.4 Å². The van der Waals surface area contributed by atoms with E-state index in [1.54, 1.807) is 49.6 Å². The number of carbonyl (C=O) groups is 2. The van der Waals surface area contributed by atoms with Gasteiger partial charge in [-0.15, -0.1) is 11.3 Å². The van der Waals surface area contributed by atoms with E-state index in [4.69, 9.17) is 0 Å². The van der Waals surface area contributed by atoms with Crippen LogP contribution in [0.25, 0.3) is 10.2 Å². The fraction of sp³-hybridized carbons (Fsp3) is 0.174. The third-order valence-electron chi connectivity index (χ3n) is 4.84. The molecule has 0 atom stereocenters. The molecule has 0 aliphatic carbocycles. The number of thiazole rings is 1. The molecule has 9 nitrogen and oxygen atoms in total. The summed E-state index contributed by atoms with van der Waals surface area (Å²) in [5.41, 5.74) is 3.26. The van der Waals surface area contributed by atoms with Crippen molar-refractivity contribution < 1.29 is 9.59 Å². The second kappa shape index (κ2) is 9.21. The van der Waals surface area contributed by atoms with E-state index in [-0.39, 0.29) is 5.91 Å². The van der Waals surface area contributed by atoms with Crippen LogP contribution < -0.4 is 21.3 Å². The molecule has 4 N–H and O–H groups in total. The third kappa shape index (κ3) is 5.24. The monoisotopic (exact) mass is 461 g/mol. The quantitative estimate of drug-likeness (QED) is 0.334. The van der Waals surface area contributed by atoms with E-state index in [1.165, 1.54) is 0 Å². The van der Waals surface area contributed by atoms with Gasteiger partial charge in [0.05, 0.1) is 15.2 Å². The number of rotatable bonds is 5.